The molecular weight excluding hydrogens is 438 g/mol. The molecule has 12 heteroatoms. The van der Waals surface area contributed by atoms with E-state index in [2.05, 4.69) is 9.47 Å². The molecule has 186 valence electrons. The monoisotopic (exact) mass is 470 g/mol. The molecule has 31 heavy (non-hydrogen) atoms. The lowest BCUT2D eigenvalue weighted by Gasteiger charge is -2.35. The van der Waals surface area contributed by atoms with Gasteiger partial charge in [0.25, 0.3) is 6.10 Å². The zero-order valence-corrected chi connectivity index (χ0v) is 18.7. The summed E-state index contributed by atoms with van der Waals surface area (Å²) in [5.74, 6) is 0. The Morgan fingerprint density at radius 3 is 1.71 bits per heavy atom. The average Bonchev–Trinajstić information content (AvgIpc) is 2.45. The molecule has 0 saturated heterocycles. The molecule has 1 N–H and O–H groups in total. The Kier molecular flexibility index (Phi) is 10.6. The first-order valence-corrected chi connectivity index (χ1v) is 9.65. The lowest BCUT2D eigenvalue weighted by atomic mass is 9.98. The predicted molar refractivity (Wildman–Crippen MR) is 98.5 cm³/mol. The van der Waals surface area contributed by atoms with Crippen LogP contribution in [0.1, 0.15) is 61.3 Å². The predicted octanol–water partition coefficient (Wildman–Crippen LogP) is 5.16. The lowest BCUT2D eigenvalue weighted by Crippen LogP contribution is -2.46. The van der Waals surface area contributed by atoms with Crippen molar-refractivity contribution in [2.24, 2.45) is 0 Å². The van der Waals surface area contributed by atoms with Crippen LogP contribution in [0, 0.1) is 0 Å². The van der Waals surface area contributed by atoms with Crippen LogP contribution in [0.2, 0.25) is 0 Å². The minimum Gasteiger partial charge on any atom is -0.429 e. The highest BCUT2D eigenvalue weighted by atomic mass is 19.4. The van der Waals surface area contributed by atoms with Gasteiger partial charge < -0.3 is 24.1 Å². The molecule has 0 saturated carbocycles. The number of ether oxygens (including phenoxy) is 4. The van der Waals surface area contributed by atoms with E-state index in [-0.39, 0.29) is 12.7 Å². The summed E-state index contributed by atoms with van der Waals surface area (Å²) in [5.41, 5.74) is -1.42. The number of aliphatic hydroxyl groups excluding tert-OH is 1. The van der Waals surface area contributed by atoms with Crippen molar-refractivity contribution in [2.75, 3.05) is 6.61 Å². The van der Waals surface area contributed by atoms with Crippen molar-refractivity contribution in [1.29, 1.82) is 0 Å². The first kappa shape index (κ1) is 29.7. The molecule has 0 aliphatic rings. The van der Waals surface area contributed by atoms with E-state index in [1.807, 2.05) is 13.8 Å². The minimum atomic E-state index is -5.82. The Morgan fingerprint density at radius 2 is 1.29 bits per heavy atom. The number of hydrogen-bond acceptors (Lipinski definition) is 6. The number of aliphatic hydroxyl groups is 1. The van der Waals surface area contributed by atoms with Gasteiger partial charge in [-0.05, 0) is 48.5 Å². The minimum absolute atomic E-state index is 0.297. The van der Waals surface area contributed by atoms with Gasteiger partial charge in [-0.3, -0.25) is 0 Å². The molecule has 3 unspecified atom stereocenters. The summed E-state index contributed by atoms with van der Waals surface area (Å²) in [5, 5.41) is 9.51. The van der Waals surface area contributed by atoms with Crippen LogP contribution in [0.5, 0.6) is 0 Å². The summed E-state index contributed by atoms with van der Waals surface area (Å²) in [6.45, 7) is 11.4. The Morgan fingerprint density at radius 1 is 0.806 bits per heavy atom. The summed E-state index contributed by atoms with van der Waals surface area (Å²) < 4.78 is 93.9. The molecule has 0 heterocycles. The second-order valence-corrected chi connectivity index (χ2v) is 8.78. The van der Waals surface area contributed by atoms with Gasteiger partial charge in [0.1, 0.15) is 6.10 Å². The number of alkyl halides is 6. The second kappa shape index (κ2) is 11.0. The van der Waals surface area contributed by atoms with Gasteiger partial charge in [-0.2, -0.15) is 26.3 Å². The highest BCUT2D eigenvalue weighted by Gasteiger charge is 2.60. The van der Waals surface area contributed by atoms with E-state index in [4.69, 9.17) is 9.47 Å². The summed E-state index contributed by atoms with van der Waals surface area (Å²) in [4.78, 5) is 11.4. The van der Waals surface area contributed by atoms with Crippen LogP contribution in [0.3, 0.4) is 0 Å². The van der Waals surface area contributed by atoms with Gasteiger partial charge in [0, 0.05) is 12.8 Å². The Labute approximate surface area is 178 Å². The summed E-state index contributed by atoms with van der Waals surface area (Å²) in [6, 6.07) is 0. The topological polar surface area (TPSA) is 74.2 Å². The molecule has 0 bridgehead atoms. The maximum absolute atomic E-state index is 12.4. The number of carbonyl (C=O) groups excluding carboxylic acids is 1. The largest absolute Gasteiger partial charge is 0.509 e. The standard InChI is InChI=1S/C19H32F6O6/c1-11(26)8-17(6,7)31-12(2)9-16(4,5)28-10-13(3)29-15(27)30-14(18(20,21)22)19(23,24)25/h11-14,26H,8-10H2,1-7H3. The van der Waals surface area contributed by atoms with E-state index < -0.39 is 48.0 Å². The number of rotatable bonds is 11. The van der Waals surface area contributed by atoms with E-state index in [0.29, 0.717) is 12.8 Å². The summed E-state index contributed by atoms with van der Waals surface area (Å²) in [7, 11) is 0. The molecule has 0 aromatic rings. The molecule has 0 radical (unpaired) electrons. The van der Waals surface area contributed by atoms with Crippen molar-refractivity contribution >= 4 is 6.16 Å². The van der Waals surface area contributed by atoms with E-state index in [0.717, 1.165) is 0 Å². The molecule has 0 spiro atoms. The molecule has 6 nitrogen and oxygen atoms in total. The highest BCUT2D eigenvalue weighted by molar-refractivity contribution is 5.60. The third-order valence-corrected chi connectivity index (χ3v) is 3.90. The van der Waals surface area contributed by atoms with Crippen molar-refractivity contribution in [1.82, 2.24) is 0 Å². The zero-order valence-electron chi connectivity index (χ0n) is 18.7. The van der Waals surface area contributed by atoms with Gasteiger partial charge in [0.05, 0.1) is 30.0 Å². The van der Waals surface area contributed by atoms with Gasteiger partial charge in [-0.1, -0.05) is 0 Å². The van der Waals surface area contributed by atoms with E-state index in [1.54, 1.807) is 27.7 Å². The second-order valence-electron chi connectivity index (χ2n) is 8.78. The van der Waals surface area contributed by atoms with Crippen LogP contribution in [-0.4, -0.2) is 65.8 Å². The SMILES string of the molecule is CC(O)CC(C)(C)OC(C)CC(C)(C)OCC(C)OC(=O)OC(C(F)(F)F)C(F)(F)F. The molecule has 3 atom stereocenters. The van der Waals surface area contributed by atoms with E-state index in [1.165, 1.54) is 6.92 Å². The molecule has 0 aromatic carbocycles. The van der Waals surface area contributed by atoms with Crippen molar-refractivity contribution in [3.05, 3.63) is 0 Å². The fraction of sp³-hybridized carbons (Fsp3) is 0.947. The Hall–Kier alpha value is -1.27. The van der Waals surface area contributed by atoms with Crippen molar-refractivity contribution < 1.29 is 55.2 Å². The van der Waals surface area contributed by atoms with Gasteiger partial charge in [-0.15, -0.1) is 0 Å². The third kappa shape index (κ3) is 13.0. The van der Waals surface area contributed by atoms with Crippen molar-refractivity contribution in [3.63, 3.8) is 0 Å². The Balaban J connectivity index is 4.66. The lowest BCUT2D eigenvalue weighted by molar-refractivity contribution is -0.311. The molecule has 0 rings (SSSR count). The number of halogens is 6. The fourth-order valence-corrected chi connectivity index (χ4v) is 3.08. The van der Waals surface area contributed by atoms with E-state index >= 15 is 0 Å². The maximum atomic E-state index is 12.4. The van der Waals surface area contributed by atoms with Crippen molar-refractivity contribution in [2.45, 2.75) is 109 Å². The van der Waals surface area contributed by atoms with Crippen LogP contribution in [0.15, 0.2) is 0 Å². The molecule has 0 aliphatic heterocycles. The van der Waals surface area contributed by atoms with Gasteiger partial charge in [0.2, 0.25) is 0 Å². The van der Waals surface area contributed by atoms with Crippen molar-refractivity contribution in [3.8, 4) is 0 Å². The van der Waals surface area contributed by atoms with Gasteiger partial charge in [-0.25, -0.2) is 4.79 Å². The molecule has 0 fully saturated rings. The average molecular weight is 470 g/mol. The first-order chi connectivity index (χ1) is 13.6. The molecule has 0 aliphatic carbocycles. The maximum Gasteiger partial charge on any atom is 0.509 e. The Bertz CT molecular complexity index is 545. The third-order valence-electron chi connectivity index (χ3n) is 3.90. The normalized spacial score (nSPS) is 16.7. The van der Waals surface area contributed by atoms with Crippen LogP contribution in [0.25, 0.3) is 0 Å². The molecular formula is C19H32F6O6. The van der Waals surface area contributed by atoms with Crippen LogP contribution in [0.4, 0.5) is 31.1 Å². The quantitative estimate of drug-likeness (QED) is 0.332. The highest BCUT2D eigenvalue weighted by Crippen LogP contribution is 2.36. The molecule has 0 aromatic heterocycles. The van der Waals surface area contributed by atoms with Crippen LogP contribution >= 0.6 is 0 Å². The van der Waals surface area contributed by atoms with Gasteiger partial charge in [0.15, 0.2) is 0 Å². The summed E-state index contributed by atoms with van der Waals surface area (Å²) >= 11 is 0. The smallest absolute Gasteiger partial charge is 0.429 e. The first-order valence-electron chi connectivity index (χ1n) is 9.65. The summed E-state index contributed by atoms with van der Waals surface area (Å²) in [6.07, 6.45) is -19.3. The molecule has 0 amide bonds. The zero-order chi connectivity index (χ0) is 24.8. The number of hydrogen-bond donors (Lipinski definition) is 1. The van der Waals surface area contributed by atoms with Gasteiger partial charge >= 0.3 is 18.5 Å². The van der Waals surface area contributed by atoms with Crippen LogP contribution in [-0.2, 0) is 18.9 Å². The fourth-order valence-electron chi connectivity index (χ4n) is 3.08. The number of carbonyl (C=O) groups is 1. The van der Waals surface area contributed by atoms with E-state index in [9.17, 15) is 36.2 Å². The van der Waals surface area contributed by atoms with Crippen LogP contribution < -0.4 is 0 Å².